The highest BCUT2D eigenvalue weighted by Crippen LogP contribution is 2.20. The zero-order chi connectivity index (χ0) is 16.9. The van der Waals surface area contributed by atoms with E-state index in [1.165, 1.54) is 0 Å². The van der Waals surface area contributed by atoms with Crippen LogP contribution >= 0.6 is 11.6 Å². The molecule has 122 valence electrons. The van der Waals surface area contributed by atoms with Crippen LogP contribution in [-0.4, -0.2) is 20.6 Å². The van der Waals surface area contributed by atoms with Gasteiger partial charge in [0.05, 0.1) is 0 Å². The van der Waals surface area contributed by atoms with Crippen molar-refractivity contribution < 1.29 is 9.90 Å². The van der Waals surface area contributed by atoms with Crippen molar-refractivity contribution in [3.05, 3.63) is 83.4 Å². The molecule has 0 spiro atoms. The summed E-state index contributed by atoms with van der Waals surface area (Å²) in [4.78, 5) is 16.4. The third-order valence-electron chi connectivity index (χ3n) is 3.55. The van der Waals surface area contributed by atoms with E-state index in [0.29, 0.717) is 16.5 Å². The number of amides is 1. The predicted molar refractivity (Wildman–Crippen MR) is 92.8 cm³/mol. The Morgan fingerprint density at radius 2 is 1.88 bits per heavy atom. The Kier molecular flexibility index (Phi) is 4.93. The number of carbonyl (C=O) groups is 1. The Morgan fingerprint density at radius 3 is 2.58 bits per heavy atom. The minimum Gasteiger partial charge on any atom is -0.380 e. The first-order valence-corrected chi connectivity index (χ1v) is 7.81. The van der Waals surface area contributed by atoms with E-state index >= 15 is 0 Å². The second-order valence-electron chi connectivity index (χ2n) is 5.28. The molecule has 1 amide bonds. The first-order valence-electron chi connectivity index (χ1n) is 7.43. The molecule has 0 fully saturated rings. The maximum atomic E-state index is 12.2. The van der Waals surface area contributed by atoms with Gasteiger partial charge in [0, 0.05) is 23.1 Å². The number of hydrogen-bond acceptors (Lipinski definition) is 3. The molecule has 24 heavy (non-hydrogen) atoms. The molecular formula is C18H16ClN3O2. The fraction of sp³-hybridized carbons (Fsp3) is 0.111. The van der Waals surface area contributed by atoms with Gasteiger partial charge in [-0.1, -0.05) is 41.9 Å². The van der Waals surface area contributed by atoms with E-state index in [4.69, 9.17) is 11.6 Å². The van der Waals surface area contributed by atoms with Gasteiger partial charge in [-0.25, -0.2) is 4.98 Å². The number of benzene rings is 2. The van der Waals surface area contributed by atoms with Gasteiger partial charge in [-0.15, -0.1) is 0 Å². The van der Waals surface area contributed by atoms with Crippen molar-refractivity contribution in [2.45, 2.75) is 12.6 Å². The van der Waals surface area contributed by atoms with Gasteiger partial charge < -0.3 is 15.0 Å². The Bertz CT molecular complexity index is 816. The van der Waals surface area contributed by atoms with Crippen LogP contribution in [-0.2, 0) is 11.3 Å². The second kappa shape index (κ2) is 7.29. The summed E-state index contributed by atoms with van der Waals surface area (Å²) in [5, 5.41) is 13.9. The molecular weight excluding hydrogens is 326 g/mol. The van der Waals surface area contributed by atoms with Crippen molar-refractivity contribution in [1.82, 2.24) is 9.55 Å². The number of rotatable bonds is 5. The van der Waals surface area contributed by atoms with E-state index in [-0.39, 0.29) is 12.5 Å². The third-order valence-corrected chi connectivity index (χ3v) is 3.80. The van der Waals surface area contributed by atoms with Gasteiger partial charge in [0.15, 0.2) is 0 Å². The number of imidazole rings is 1. The van der Waals surface area contributed by atoms with E-state index in [1.54, 1.807) is 41.2 Å². The number of anilines is 1. The van der Waals surface area contributed by atoms with E-state index in [0.717, 1.165) is 5.56 Å². The highest BCUT2D eigenvalue weighted by Gasteiger charge is 2.17. The van der Waals surface area contributed by atoms with Crippen LogP contribution in [0.3, 0.4) is 0 Å². The predicted octanol–water partition coefficient (Wildman–Crippen LogP) is 3.26. The van der Waals surface area contributed by atoms with Crippen LogP contribution in [0.2, 0.25) is 5.02 Å². The van der Waals surface area contributed by atoms with Crippen molar-refractivity contribution in [2.75, 3.05) is 5.32 Å². The number of nitrogens with zero attached hydrogens (tertiary/aromatic N) is 2. The van der Waals surface area contributed by atoms with Crippen molar-refractivity contribution in [3.8, 4) is 0 Å². The Balaban J connectivity index is 1.71. The van der Waals surface area contributed by atoms with Crippen LogP contribution in [0, 0.1) is 0 Å². The fourth-order valence-corrected chi connectivity index (χ4v) is 2.50. The molecule has 1 atom stereocenters. The van der Waals surface area contributed by atoms with E-state index < -0.39 is 6.10 Å². The average Bonchev–Trinajstić information content (AvgIpc) is 3.05. The minimum atomic E-state index is -0.885. The molecule has 0 saturated heterocycles. The smallest absolute Gasteiger partial charge is 0.244 e. The third kappa shape index (κ3) is 3.82. The number of nitrogens with one attached hydrogen (secondary N) is 1. The molecule has 3 rings (SSSR count). The van der Waals surface area contributed by atoms with Crippen LogP contribution in [0.15, 0.2) is 67.0 Å². The minimum absolute atomic E-state index is 0.0574. The molecule has 2 N–H and O–H groups in total. The molecule has 0 aliphatic rings. The lowest BCUT2D eigenvalue weighted by molar-refractivity contribution is -0.116. The van der Waals surface area contributed by atoms with E-state index in [1.807, 2.05) is 30.3 Å². The summed E-state index contributed by atoms with van der Waals surface area (Å²) in [6.07, 6.45) is 2.35. The SMILES string of the molecule is O=C(Cn1ccnc1[C@@H](O)c1ccccc1)Nc1ccc(Cl)cc1. The molecule has 6 heteroatoms. The summed E-state index contributed by atoms with van der Waals surface area (Å²) in [7, 11) is 0. The average molecular weight is 342 g/mol. The standard InChI is InChI=1S/C18H16ClN3O2/c19-14-6-8-15(9-7-14)21-16(23)12-22-11-10-20-18(22)17(24)13-4-2-1-3-5-13/h1-11,17,24H,12H2,(H,21,23)/t17-/m0/s1. The van der Waals surface area contributed by atoms with Crippen molar-refractivity contribution in [2.24, 2.45) is 0 Å². The summed E-state index contributed by atoms with van der Waals surface area (Å²) in [5.41, 5.74) is 1.39. The molecule has 0 aliphatic heterocycles. The van der Waals surface area contributed by atoms with Gasteiger partial charge in [0.25, 0.3) is 0 Å². The summed E-state index contributed by atoms with van der Waals surface area (Å²) in [6.45, 7) is 0.0574. The molecule has 0 aliphatic carbocycles. The molecule has 3 aromatic rings. The quantitative estimate of drug-likeness (QED) is 0.748. The van der Waals surface area contributed by atoms with Crippen LogP contribution in [0.4, 0.5) is 5.69 Å². The monoisotopic (exact) mass is 341 g/mol. The molecule has 0 unspecified atom stereocenters. The molecule has 5 nitrogen and oxygen atoms in total. The molecule has 2 aromatic carbocycles. The van der Waals surface area contributed by atoms with Crippen LogP contribution in [0.25, 0.3) is 0 Å². The normalized spacial score (nSPS) is 11.9. The largest absolute Gasteiger partial charge is 0.380 e. The zero-order valence-electron chi connectivity index (χ0n) is 12.8. The number of aromatic nitrogens is 2. The first kappa shape index (κ1) is 16.2. The van der Waals surface area contributed by atoms with Crippen molar-refractivity contribution >= 4 is 23.2 Å². The first-order chi connectivity index (χ1) is 11.6. The van der Waals surface area contributed by atoms with Crippen LogP contribution in [0.5, 0.6) is 0 Å². The van der Waals surface area contributed by atoms with Gasteiger partial charge in [-0.3, -0.25) is 4.79 Å². The summed E-state index contributed by atoms with van der Waals surface area (Å²) in [5.74, 6) is 0.212. The van der Waals surface area contributed by atoms with Crippen LogP contribution < -0.4 is 5.32 Å². The lowest BCUT2D eigenvalue weighted by Gasteiger charge is -2.13. The fourth-order valence-electron chi connectivity index (χ4n) is 2.37. The van der Waals surface area contributed by atoms with Crippen molar-refractivity contribution in [1.29, 1.82) is 0 Å². The number of carbonyl (C=O) groups excluding carboxylic acids is 1. The number of aliphatic hydroxyl groups is 1. The number of halogens is 1. The molecule has 0 radical (unpaired) electrons. The van der Waals surface area contributed by atoms with Gasteiger partial charge in [0.2, 0.25) is 5.91 Å². The highest BCUT2D eigenvalue weighted by atomic mass is 35.5. The van der Waals surface area contributed by atoms with Gasteiger partial charge >= 0.3 is 0 Å². The topological polar surface area (TPSA) is 67.2 Å². The maximum Gasteiger partial charge on any atom is 0.244 e. The molecule has 1 aromatic heterocycles. The van der Waals surface area contributed by atoms with Crippen LogP contribution in [0.1, 0.15) is 17.5 Å². The van der Waals surface area contributed by atoms with E-state index in [2.05, 4.69) is 10.3 Å². The number of aliphatic hydroxyl groups excluding tert-OH is 1. The molecule has 1 heterocycles. The molecule has 0 bridgehead atoms. The Hall–Kier alpha value is -2.63. The van der Waals surface area contributed by atoms with Gasteiger partial charge in [-0.05, 0) is 29.8 Å². The Labute approximate surface area is 144 Å². The Morgan fingerprint density at radius 1 is 1.17 bits per heavy atom. The number of hydrogen-bond donors (Lipinski definition) is 2. The zero-order valence-corrected chi connectivity index (χ0v) is 13.5. The van der Waals surface area contributed by atoms with Gasteiger partial charge in [0.1, 0.15) is 18.5 Å². The lowest BCUT2D eigenvalue weighted by atomic mass is 10.1. The maximum absolute atomic E-state index is 12.2. The molecule has 0 saturated carbocycles. The second-order valence-corrected chi connectivity index (χ2v) is 5.72. The summed E-state index contributed by atoms with van der Waals surface area (Å²) >= 11 is 5.82. The van der Waals surface area contributed by atoms with Gasteiger partial charge in [-0.2, -0.15) is 0 Å². The summed E-state index contributed by atoms with van der Waals surface area (Å²) < 4.78 is 1.63. The van der Waals surface area contributed by atoms with Crippen molar-refractivity contribution in [3.63, 3.8) is 0 Å². The lowest BCUT2D eigenvalue weighted by Crippen LogP contribution is -2.21. The summed E-state index contributed by atoms with van der Waals surface area (Å²) in [6, 6.07) is 16.1. The van der Waals surface area contributed by atoms with E-state index in [9.17, 15) is 9.90 Å². The highest BCUT2D eigenvalue weighted by molar-refractivity contribution is 6.30.